The standard InChI is InChI=1S/C15H17Cl2N3O4S2/c1-9-7-11(26(23,24)20(3)4)8-12(10(9)2)19-25(21,22)13-5-6-14(16)18-15(13)17/h5-8,19H,1-4H3. The van der Waals surface area contributed by atoms with Crippen LogP contribution >= 0.6 is 23.2 Å². The highest BCUT2D eigenvalue weighted by Gasteiger charge is 2.24. The first kappa shape index (κ1) is 20.9. The molecule has 11 heteroatoms. The van der Waals surface area contributed by atoms with Crippen LogP contribution in [0, 0.1) is 13.8 Å². The molecule has 0 radical (unpaired) electrons. The number of halogens is 2. The molecule has 1 heterocycles. The summed E-state index contributed by atoms with van der Waals surface area (Å²) in [4.78, 5) is 3.42. The maximum absolute atomic E-state index is 12.7. The van der Waals surface area contributed by atoms with E-state index in [1.54, 1.807) is 13.8 Å². The molecular formula is C15H17Cl2N3O4S2. The molecule has 0 amide bonds. The third-order valence-electron chi connectivity index (χ3n) is 3.73. The van der Waals surface area contributed by atoms with Gasteiger partial charge in [-0.05, 0) is 49.2 Å². The number of rotatable bonds is 5. The van der Waals surface area contributed by atoms with E-state index in [-0.39, 0.29) is 25.8 Å². The van der Waals surface area contributed by atoms with Crippen LogP contribution in [0.4, 0.5) is 5.69 Å². The predicted octanol–water partition coefficient (Wildman–Crippen LogP) is 3.06. The van der Waals surface area contributed by atoms with Gasteiger partial charge >= 0.3 is 0 Å². The maximum atomic E-state index is 12.7. The van der Waals surface area contributed by atoms with Gasteiger partial charge in [0.1, 0.15) is 10.0 Å². The van der Waals surface area contributed by atoms with Crippen LogP contribution in [0.25, 0.3) is 0 Å². The lowest BCUT2D eigenvalue weighted by atomic mass is 10.1. The first-order valence-corrected chi connectivity index (χ1v) is 10.9. The van der Waals surface area contributed by atoms with Crippen molar-refractivity contribution in [2.75, 3.05) is 18.8 Å². The lowest BCUT2D eigenvalue weighted by Gasteiger charge is -2.17. The van der Waals surface area contributed by atoms with Crippen molar-refractivity contribution in [1.29, 1.82) is 0 Å². The van der Waals surface area contributed by atoms with Crippen molar-refractivity contribution in [3.05, 3.63) is 45.7 Å². The van der Waals surface area contributed by atoms with Crippen LogP contribution in [0.5, 0.6) is 0 Å². The van der Waals surface area contributed by atoms with E-state index in [9.17, 15) is 16.8 Å². The van der Waals surface area contributed by atoms with Gasteiger partial charge in [-0.1, -0.05) is 23.2 Å². The lowest BCUT2D eigenvalue weighted by molar-refractivity contribution is 0.520. The highest BCUT2D eigenvalue weighted by atomic mass is 35.5. The number of anilines is 1. The van der Waals surface area contributed by atoms with Crippen LogP contribution in [0.15, 0.2) is 34.1 Å². The number of aryl methyl sites for hydroxylation is 1. The number of aromatic nitrogens is 1. The summed E-state index contributed by atoms with van der Waals surface area (Å²) in [5.41, 5.74) is 1.34. The Labute approximate surface area is 163 Å². The van der Waals surface area contributed by atoms with Crippen LogP contribution in [0.3, 0.4) is 0 Å². The lowest BCUT2D eigenvalue weighted by Crippen LogP contribution is -2.23. The van der Waals surface area contributed by atoms with Crippen molar-refractivity contribution in [1.82, 2.24) is 9.29 Å². The molecule has 142 valence electrons. The Morgan fingerprint density at radius 1 is 1.04 bits per heavy atom. The van der Waals surface area contributed by atoms with E-state index in [0.717, 1.165) is 4.31 Å². The van der Waals surface area contributed by atoms with Gasteiger partial charge in [-0.3, -0.25) is 4.72 Å². The zero-order valence-corrected chi connectivity index (χ0v) is 17.6. The number of sulfonamides is 2. The van der Waals surface area contributed by atoms with Crippen LogP contribution < -0.4 is 4.72 Å². The molecule has 0 aliphatic heterocycles. The van der Waals surface area contributed by atoms with Crippen molar-refractivity contribution in [3.8, 4) is 0 Å². The molecule has 7 nitrogen and oxygen atoms in total. The summed E-state index contributed by atoms with van der Waals surface area (Å²) in [5.74, 6) is 0. The highest BCUT2D eigenvalue weighted by Crippen LogP contribution is 2.29. The first-order valence-electron chi connectivity index (χ1n) is 7.25. The van der Waals surface area contributed by atoms with E-state index in [1.165, 1.54) is 38.4 Å². The monoisotopic (exact) mass is 437 g/mol. The minimum Gasteiger partial charge on any atom is -0.279 e. The Morgan fingerprint density at radius 2 is 1.65 bits per heavy atom. The Bertz CT molecular complexity index is 1070. The molecule has 2 rings (SSSR count). The summed E-state index contributed by atoms with van der Waals surface area (Å²) in [5, 5.41) is -0.225. The second-order valence-corrected chi connectivity index (χ2v) is 10.3. The fraction of sp³-hybridized carbons (Fsp3) is 0.267. The van der Waals surface area contributed by atoms with E-state index >= 15 is 0 Å². The van der Waals surface area contributed by atoms with Crippen LogP contribution in [-0.2, 0) is 20.0 Å². The van der Waals surface area contributed by atoms with E-state index in [0.29, 0.717) is 11.1 Å². The van der Waals surface area contributed by atoms with Crippen LogP contribution in [0.2, 0.25) is 10.3 Å². The topological polar surface area (TPSA) is 96.4 Å². The molecule has 2 aromatic rings. The molecule has 26 heavy (non-hydrogen) atoms. The SMILES string of the molecule is Cc1cc(S(=O)(=O)N(C)C)cc(NS(=O)(=O)c2ccc(Cl)nc2Cl)c1C. The first-order chi connectivity index (χ1) is 11.9. The summed E-state index contributed by atoms with van der Waals surface area (Å²) in [7, 11) is -5.03. The number of pyridine rings is 1. The molecule has 0 unspecified atom stereocenters. The molecule has 1 aromatic heterocycles. The van der Waals surface area contributed by atoms with E-state index in [4.69, 9.17) is 23.2 Å². The molecule has 1 aromatic carbocycles. The zero-order chi connectivity index (χ0) is 19.9. The average molecular weight is 438 g/mol. The number of hydrogen-bond donors (Lipinski definition) is 1. The van der Waals surface area contributed by atoms with Gasteiger partial charge in [0.2, 0.25) is 10.0 Å². The molecule has 1 N–H and O–H groups in total. The van der Waals surface area contributed by atoms with Crippen molar-refractivity contribution < 1.29 is 16.8 Å². The van der Waals surface area contributed by atoms with Gasteiger partial charge in [-0.2, -0.15) is 0 Å². The quantitative estimate of drug-likeness (QED) is 0.724. The summed E-state index contributed by atoms with van der Waals surface area (Å²) < 4.78 is 53.5. The third kappa shape index (κ3) is 4.12. The molecule has 0 saturated carbocycles. The predicted molar refractivity (Wildman–Crippen MR) is 102 cm³/mol. The molecule has 0 spiro atoms. The average Bonchev–Trinajstić information content (AvgIpc) is 2.50. The van der Waals surface area contributed by atoms with Gasteiger partial charge in [0.15, 0.2) is 5.15 Å². The number of benzene rings is 1. The fourth-order valence-corrected chi connectivity index (χ4v) is 4.88. The van der Waals surface area contributed by atoms with Gasteiger partial charge in [0.05, 0.1) is 10.6 Å². The van der Waals surface area contributed by atoms with E-state index in [2.05, 4.69) is 9.71 Å². The smallest absolute Gasteiger partial charge is 0.264 e. The second-order valence-electron chi connectivity index (χ2n) is 5.73. The van der Waals surface area contributed by atoms with Gasteiger partial charge in [0.25, 0.3) is 10.0 Å². The number of hydrogen-bond acceptors (Lipinski definition) is 5. The minimum absolute atomic E-state index is 0.0244. The maximum Gasteiger partial charge on any atom is 0.264 e. The van der Waals surface area contributed by atoms with Crippen molar-refractivity contribution in [2.24, 2.45) is 0 Å². The Hall–Kier alpha value is -1.39. The molecular weight excluding hydrogens is 421 g/mol. The van der Waals surface area contributed by atoms with E-state index in [1.807, 2.05) is 0 Å². The molecule has 0 bridgehead atoms. The minimum atomic E-state index is -4.09. The van der Waals surface area contributed by atoms with Crippen LogP contribution in [0.1, 0.15) is 11.1 Å². The molecule has 0 atom stereocenters. The number of nitrogens with one attached hydrogen (secondary N) is 1. The summed E-state index contributed by atoms with van der Waals surface area (Å²) >= 11 is 11.6. The van der Waals surface area contributed by atoms with Crippen LogP contribution in [-0.4, -0.2) is 40.2 Å². The zero-order valence-electron chi connectivity index (χ0n) is 14.4. The van der Waals surface area contributed by atoms with E-state index < -0.39 is 20.0 Å². The highest BCUT2D eigenvalue weighted by molar-refractivity contribution is 7.92. The summed E-state index contributed by atoms with van der Waals surface area (Å²) in [6, 6.07) is 5.28. The summed E-state index contributed by atoms with van der Waals surface area (Å²) in [6.07, 6.45) is 0. The Morgan fingerprint density at radius 3 is 2.19 bits per heavy atom. The van der Waals surface area contributed by atoms with Gasteiger partial charge in [-0.15, -0.1) is 0 Å². The largest absolute Gasteiger partial charge is 0.279 e. The van der Waals surface area contributed by atoms with Gasteiger partial charge in [0, 0.05) is 14.1 Å². The normalized spacial score (nSPS) is 12.4. The Balaban J connectivity index is 2.57. The van der Waals surface area contributed by atoms with Crippen molar-refractivity contribution in [3.63, 3.8) is 0 Å². The van der Waals surface area contributed by atoms with Crippen molar-refractivity contribution >= 4 is 48.9 Å². The summed E-state index contributed by atoms with van der Waals surface area (Å²) in [6.45, 7) is 3.37. The fourth-order valence-electron chi connectivity index (χ4n) is 2.09. The third-order valence-corrected chi connectivity index (χ3v) is 7.53. The van der Waals surface area contributed by atoms with Gasteiger partial charge < -0.3 is 0 Å². The second kappa shape index (κ2) is 7.32. The molecule has 0 aliphatic carbocycles. The van der Waals surface area contributed by atoms with Crippen molar-refractivity contribution in [2.45, 2.75) is 23.6 Å². The Kier molecular flexibility index (Phi) is 5.89. The number of nitrogens with zero attached hydrogens (tertiary/aromatic N) is 2. The molecule has 0 fully saturated rings. The van der Waals surface area contributed by atoms with Gasteiger partial charge in [-0.25, -0.2) is 26.1 Å². The molecule has 0 aliphatic rings. The molecule has 0 saturated heterocycles.